The Morgan fingerprint density at radius 1 is 1.12 bits per heavy atom. The van der Waals surface area contributed by atoms with E-state index in [0.29, 0.717) is 24.7 Å². The number of nitrogens with one attached hydrogen (secondary N) is 1. The highest BCUT2D eigenvalue weighted by Crippen LogP contribution is 2.33. The number of amides is 1. The van der Waals surface area contributed by atoms with Gasteiger partial charge in [-0.25, -0.2) is 4.79 Å². The first-order valence-electron chi connectivity index (χ1n) is 6.67. The van der Waals surface area contributed by atoms with Crippen molar-refractivity contribution in [3.63, 3.8) is 0 Å². The lowest BCUT2D eigenvalue weighted by atomic mass is 10.0. The Morgan fingerprint density at radius 3 is 2.29 bits per heavy atom. The van der Waals surface area contributed by atoms with E-state index in [1.807, 2.05) is 0 Å². The van der Waals surface area contributed by atoms with E-state index in [9.17, 15) is 9.59 Å². The molecule has 2 aliphatic rings. The lowest BCUT2D eigenvalue weighted by molar-refractivity contribution is -0.142. The fourth-order valence-electron chi connectivity index (χ4n) is 2.64. The average molecular weight is 239 g/mol. The summed E-state index contributed by atoms with van der Waals surface area (Å²) in [5.41, 5.74) is 0. The molecule has 0 radical (unpaired) electrons. The molecule has 0 saturated heterocycles. The number of carboxylic acid groups (broad SMARTS) is 1. The second-order valence-electron chi connectivity index (χ2n) is 5.49. The van der Waals surface area contributed by atoms with E-state index in [2.05, 4.69) is 5.32 Å². The smallest absolute Gasteiger partial charge is 0.326 e. The summed E-state index contributed by atoms with van der Waals surface area (Å²) in [6.45, 7) is 0. The van der Waals surface area contributed by atoms with Crippen LogP contribution in [0.25, 0.3) is 0 Å². The molecule has 2 saturated carbocycles. The van der Waals surface area contributed by atoms with Crippen LogP contribution < -0.4 is 5.32 Å². The van der Waals surface area contributed by atoms with Gasteiger partial charge < -0.3 is 10.4 Å². The Morgan fingerprint density at radius 2 is 1.76 bits per heavy atom. The Balaban J connectivity index is 1.75. The van der Waals surface area contributed by atoms with Gasteiger partial charge in [0, 0.05) is 6.42 Å². The Kier molecular flexibility index (Phi) is 4.02. The third-order valence-electron chi connectivity index (χ3n) is 3.85. The number of hydrogen-bond acceptors (Lipinski definition) is 2. The number of carbonyl (C=O) groups is 2. The summed E-state index contributed by atoms with van der Waals surface area (Å²) < 4.78 is 0. The van der Waals surface area contributed by atoms with Gasteiger partial charge in [0.25, 0.3) is 0 Å². The van der Waals surface area contributed by atoms with E-state index < -0.39 is 12.0 Å². The summed E-state index contributed by atoms with van der Waals surface area (Å²) in [6.07, 6.45) is 8.00. The van der Waals surface area contributed by atoms with Crippen LogP contribution in [0.3, 0.4) is 0 Å². The first-order valence-corrected chi connectivity index (χ1v) is 6.67. The molecule has 0 heterocycles. The van der Waals surface area contributed by atoms with Gasteiger partial charge in [0.05, 0.1) is 0 Å². The van der Waals surface area contributed by atoms with E-state index in [-0.39, 0.29) is 5.91 Å². The van der Waals surface area contributed by atoms with Crippen molar-refractivity contribution in [2.45, 2.75) is 57.4 Å². The number of rotatable bonds is 6. The number of hydrogen-bond donors (Lipinski definition) is 2. The van der Waals surface area contributed by atoms with E-state index in [0.717, 1.165) is 25.7 Å². The highest BCUT2D eigenvalue weighted by molar-refractivity contribution is 5.83. The SMILES string of the molecule is O=C(CC1CCCC1)N[C@H](CC1CC1)C(=O)O. The second-order valence-corrected chi connectivity index (χ2v) is 5.49. The van der Waals surface area contributed by atoms with E-state index in [4.69, 9.17) is 5.11 Å². The molecule has 2 fully saturated rings. The van der Waals surface area contributed by atoms with Crippen molar-refractivity contribution < 1.29 is 14.7 Å². The zero-order valence-corrected chi connectivity index (χ0v) is 10.2. The second kappa shape index (κ2) is 5.52. The van der Waals surface area contributed by atoms with Crippen LogP contribution in [0.15, 0.2) is 0 Å². The highest BCUT2D eigenvalue weighted by Gasteiger charge is 2.30. The van der Waals surface area contributed by atoms with Crippen molar-refractivity contribution in [2.75, 3.05) is 0 Å². The summed E-state index contributed by atoms with van der Waals surface area (Å²) in [4.78, 5) is 22.8. The summed E-state index contributed by atoms with van der Waals surface area (Å²) in [6, 6.07) is -0.670. The zero-order valence-electron chi connectivity index (χ0n) is 10.2. The van der Waals surface area contributed by atoms with E-state index in [1.54, 1.807) is 0 Å². The Labute approximate surface area is 102 Å². The van der Waals surface area contributed by atoms with Gasteiger partial charge in [0.2, 0.25) is 5.91 Å². The summed E-state index contributed by atoms with van der Waals surface area (Å²) in [7, 11) is 0. The maximum absolute atomic E-state index is 11.7. The van der Waals surface area contributed by atoms with Crippen LogP contribution in [0.2, 0.25) is 0 Å². The minimum absolute atomic E-state index is 0.0787. The Bertz CT molecular complexity index is 293. The van der Waals surface area contributed by atoms with E-state index in [1.165, 1.54) is 12.8 Å². The van der Waals surface area contributed by atoms with Crippen LogP contribution >= 0.6 is 0 Å². The van der Waals surface area contributed by atoms with Crippen LogP contribution in [-0.2, 0) is 9.59 Å². The van der Waals surface area contributed by atoms with Gasteiger partial charge in [0.1, 0.15) is 6.04 Å². The molecule has 2 aliphatic carbocycles. The van der Waals surface area contributed by atoms with Crippen LogP contribution in [-0.4, -0.2) is 23.0 Å². The van der Waals surface area contributed by atoms with Crippen molar-refractivity contribution in [1.82, 2.24) is 5.32 Å². The quantitative estimate of drug-likeness (QED) is 0.744. The predicted molar refractivity (Wildman–Crippen MR) is 63.5 cm³/mol. The number of aliphatic carboxylic acids is 1. The molecule has 0 aromatic carbocycles. The van der Waals surface area contributed by atoms with Gasteiger partial charge in [-0.1, -0.05) is 25.7 Å². The van der Waals surface area contributed by atoms with Crippen molar-refractivity contribution >= 4 is 11.9 Å². The van der Waals surface area contributed by atoms with Crippen LogP contribution in [0.5, 0.6) is 0 Å². The summed E-state index contributed by atoms with van der Waals surface area (Å²) in [5.74, 6) is 0.0230. The van der Waals surface area contributed by atoms with Gasteiger partial charge in [-0.2, -0.15) is 0 Å². The molecule has 0 aromatic heterocycles. The zero-order chi connectivity index (χ0) is 12.3. The van der Waals surface area contributed by atoms with Gasteiger partial charge >= 0.3 is 5.97 Å². The lowest BCUT2D eigenvalue weighted by Gasteiger charge is -2.15. The van der Waals surface area contributed by atoms with E-state index >= 15 is 0 Å². The molecule has 2 N–H and O–H groups in total. The molecule has 4 heteroatoms. The van der Waals surface area contributed by atoms with Gasteiger partial charge in [-0.3, -0.25) is 4.79 Å². The molecule has 0 aliphatic heterocycles. The third-order valence-corrected chi connectivity index (χ3v) is 3.85. The normalized spacial score (nSPS) is 22.4. The maximum Gasteiger partial charge on any atom is 0.326 e. The molecule has 0 bridgehead atoms. The molecule has 17 heavy (non-hydrogen) atoms. The molecule has 0 aromatic rings. The molecule has 4 nitrogen and oxygen atoms in total. The molecule has 1 amide bonds. The van der Waals surface area contributed by atoms with Gasteiger partial charge in [-0.05, 0) is 31.1 Å². The topological polar surface area (TPSA) is 66.4 Å². The first-order chi connectivity index (χ1) is 8.15. The van der Waals surface area contributed by atoms with Gasteiger partial charge in [0.15, 0.2) is 0 Å². The van der Waals surface area contributed by atoms with Crippen molar-refractivity contribution in [3.05, 3.63) is 0 Å². The first kappa shape index (κ1) is 12.4. The monoisotopic (exact) mass is 239 g/mol. The third kappa shape index (κ3) is 4.02. The Hall–Kier alpha value is -1.06. The predicted octanol–water partition coefficient (Wildman–Crippen LogP) is 1.94. The van der Waals surface area contributed by atoms with Crippen LogP contribution in [0.1, 0.15) is 51.4 Å². The van der Waals surface area contributed by atoms with Crippen molar-refractivity contribution in [1.29, 1.82) is 0 Å². The molecular formula is C13H21NO3. The molecule has 96 valence electrons. The van der Waals surface area contributed by atoms with Crippen LogP contribution in [0.4, 0.5) is 0 Å². The largest absolute Gasteiger partial charge is 0.480 e. The maximum atomic E-state index is 11.7. The van der Waals surface area contributed by atoms with Crippen molar-refractivity contribution in [2.24, 2.45) is 11.8 Å². The van der Waals surface area contributed by atoms with Crippen LogP contribution in [0, 0.1) is 11.8 Å². The molecular weight excluding hydrogens is 218 g/mol. The molecule has 2 rings (SSSR count). The van der Waals surface area contributed by atoms with Crippen molar-refractivity contribution in [3.8, 4) is 0 Å². The number of carboxylic acids is 1. The fourth-order valence-corrected chi connectivity index (χ4v) is 2.64. The molecule has 0 unspecified atom stereocenters. The average Bonchev–Trinajstić information content (AvgIpc) is 2.93. The lowest BCUT2D eigenvalue weighted by Crippen LogP contribution is -2.41. The molecule has 0 spiro atoms. The summed E-state index contributed by atoms with van der Waals surface area (Å²) in [5, 5.41) is 11.7. The minimum atomic E-state index is -0.892. The van der Waals surface area contributed by atoms with Gasteiger partial charge in [-0.15, -0.1) is 0 Å². The minimum Gasteiger partial charge on any atom is -0.480 e. The molecule has 1 atom stereocenters. The standard InChI is InChI=1S/C13H21NO3/c15-12(8-9-3-1-2-4-9)14-11(13(16)17)7-10-5-6-10/h9-11H,1-8H2,(H,14,15)(H,16,17)/t11-/m1/s1. The highest BCUT2D eigenvalue weighted by atomic mass is 16.4. The fraction of sp³-hybridized carbons (Fsp3) is 0.846. The number of carbonyl (C=O) groups excluding carboxylic acids is 1. The summed E-state index contributed by atoms with van der Waals surface area (Å²) >= 11 is 0.